The van der Waals surface area contributed by atoms with Crippen molar-refractivity contribution in [3.05, 3.63) is 48.6 Å². The zero-order valence-corrected chi connectivity index (χ0v) is 27.1. The molecule has 0 saturated heterocycles. The third kappa shape index (κ3) is 33.1. The van der Waals surface area contributed by atoms with Crippen LogP contribution in [0.1, 0.15) is 181 Å². The van der Waals surface area contributed by atoms with Gasteiger partial charge in [-0.15, -0.1) is 0 Å². The summed E-state index contributed by atoms with van der Waals surface area (Å²) >= 11 is 0. The summed E-state index contributed by atoms with van der Waals surface area (Å²) in [5.74, 6) is 0. The lowest BCUT2D eigenvalue weighted by atomic mass is 10.00. The zero-order chi connectivity index (χ0) is 29.2. The molecule has 0 amide bonds. The van der Waals surface area contributed by atoms with Crippen molar-refractivity contribution in [2.75, 3.05) is 0 Å². The lowest BCUT2D eigenvalue weighted by Gasteiger charge is -2.15. The molecule has 0 aliphatic rings. The van der Waals surface area contributed by atoms with E-state index in [9.17, 15) is 10.2 Å². The van der Waals surface area contributed by atoms with Crippen LogP contribution in [0, 0.1) is 0 Å². The Labute approximate surface area is 251 Å². The second-order valence-electron chi connectivity index (χ2n) is 11.9. The number of aliphatic hydroxyl groups is 2. The molecule has 234 valence electrons. The first-order valence-corrected chi connectivity index (χ1v) is 17.7. The quantitative estimate of drug-likeness (QED) is 0.0656. The van der Waals surface area contributed by atoms with Gasteiger partial charge in [0.2, 0.25) is 0 Å². The van der Waals surface area contributed by atoms with E-state index in [2.05, 4.69) is 62.5 Å². The van der Waals surface area contributed by atoms with Gasteiger partial charge in [-0.25, -0.2) is 0 Å². The van der Waals surface area contributed by atoms with Crippen LogP contribution >= 0.6 is 0 Å². The molecule has 0 bridgehead atoms. The molecule has 0 rings (SSSR count). The van der Waals surface area contributed by atoms with Gasteiger partial charge in [0.05, 0.1) is 12.2 Å². The summed E-state index contributed by atoms with van der Waals surface area (Å²) in [5, 5.41) is 20.6. The number of hydrogen-bond donors (Lipinski definition) is 2. The van der Waals surface area contributed by atoms with Crippen molar-refractivity contribution in [3.8, 4) is 0 Å². The Morgan fingerprint density at radius 2 is 0.675 bits per heavy atom. The van der Waals surface area contributed by atoms with E-state index in [-0.39, 0.29) is 12.2 Å². The van der Waals surface area contributed by atoms with Crippen molar-refractivity contribution in [2.24, 2.45) is 0 Å². The number of allylic oxidation sites excluding steroid dienone is 8. The molecule has 0 aromatic heterocycles. The highest BCUT2D eigenvalue weighted by Crippen LogP contribution is 2.16. The Hall–Kier alpha value is -1.12. The Morgan fingerprint density at radius 1 is 0.375 bits per heavy atom. The van der Waals surface area contributed by atoms with Gasteiger partial charge in [0.15, 0.2) is 0 Å². The minimum Gasteiger partial charge on any atom is -0.393 e. The average Bonchev–Trinajstić information content (AvgIpc) is 2.94. The van der Waals surface area contributed by atoms with Gasteiger partial charge in [0.25, 0.3) is 0 Å². The summed E-state index contributed by atoms with van der Waals surface area (Å²) in [7, 11) is 0. The fourth-order valence-electron chi connectivity index (χ4n) is 5.11. The van der Waals surface area contributed by atoms with Crippen LogP contribution in [0.4, 0.5) is 0 Å². The van der Waals surface area contributed by atoms with E-state index in [0.717, 1.165) is 38.5 Å². The number of hydrogen-bond acceptors (Lipinski definition) is 2. The van der Waals surface area contributed by atoms with Gasteiger partial charge in [-0.1, -0.05) is 146 Å². The third-order valence-electron chi connectivity index (χ3n) is 7.77. The maximum atomic E-state index is 10.3. The highest BCUT2D eigenvalue weighted by Gasteiger charge is 2.11. The van der Waals surface area contributed by atoms with Crippen LogP contribution in [-0.2, 0) is 0 Å². The molecule has 2 unspecified atom stereocenters. The predicted octanol–water partition coefficient (Wildman–Crippen LogP) is 12.1. The fourth-order valence-corrected chi connectivity index (χ4v) is 5.11. The predicted molar refractivity (Wildman–Crippen MR) is 180 cm³/mol. The van der Waals surface area contributed by atoms with Crippen LogP contribution in [0.5, 0.6) is 0 Å². The molecular formula is C38H70O2. The summed E-state index contributed by atoms with van der Waals surface area (Å²) in [6.45, 7) is 4.51. The molecule has 0 aromatic carbocycles. The van der Waals surface area contributed by atoms with Gasteiger partial charge in [-0.2, -0.15) is 0 Å². The second-order valence-corrected chi connectivity index (χ2v) is 11.9. The second kappa shape index (κ2) is 34.1. The molecule has 0 aliphatic heterocycles. The van der Waals surface area contributed by atoms with Gasteiger partial charge >= 0.3 is 0 Å². The standard InChI is InChI=1S/C38H70O2/c1-3-5-7-9-11-13-15-17-19-21-23-25-27-29-31-33-35-38(40)36-37(39)34-32-30-28-26-24-22-20-18-16-14-12-10-8-6-4-2/h11-14,17-20,37-40H,3-10,15-16,21-36H2,1-2H3. The van der Waals surface area contributed by atoms with Gasteiger partial charge in [-0.05, 0) is 83.5 Å². The first kappa shape index (κ1) is 38.9. The van der Waals surface area contributed by atoms with Gasteiger partial charge in [0.1, 0.15) is 0 Å². The van der Waals surface area contributed by atoms with Gasteiger partial charge in [0, 0.05) is 0 Å². The van der Waals surface area contributed by atoms with Crippen LogP contribution in [0.25, 0.3) is 0 Å². The molecule has 0 spiro atoms. The van der Waals surface area contributed by atoms with E-state index in [0.29, 0.717) is 6.42 Å². The topological polar surface area (TPSA) is 40.5 Å². The van der Waals surface area contributed by atoms with Crippen molar-refractivity contribution < 1.29 is 10.2 Å². The van der Waals surface area contributed by atoms with Crippen molar-refractivity contribution in [3.63, 3.8) is 0 Å². The Balaban J connectivity index is 3.41. The molecule has 2 N–H and O–H groups in total. The monoisotopic (exact) mass is 559 g/mol. The molecule has 0 saturated carbocycles. The molecule has 0 aliphatic carbocycles. The van der Waals surface area contributed by atoms with E-state index in [1.54, 1.807) is 0 Å². The molecule has 2 heteroatoms. The summed E-state index contributed by atoms with van der Waals surface area (Å²) in [5.41, 5.74) is 0. The number of rotatable bonds is 31. The highest BCUT2D eigenvalue weighted by atomic mass is 16.3. The maximum absolute atomic E-state index is 10.3. The minimum absolute atomic E-state index is 0.334. The van der Waals surface area contributed by atoms with Gasteiger partial charge in [-0.3, -0.25) is 0 Å². The molecule has 40 heavy (non-hydrogen) atoms. The summed E-state index contributed by atoms with van der Waals surface area (Å²) < 4.78 is 0. The van der Waals surface area contributed by atoms with Crippen molar-refractivity contribution in [1.82, 2.24) is 0 Å². The maximum Gasteiger partial charge on any atom is 0.0564 e. The van der Waals surface area contributed by atoms with Crippen molar-refractivity contribution >= 4 is 0 Å². The van der Waals surface area contributed by atoms with Crippen molar-refractivity contribution in [1.29, 1.82) is 0 Å². The Morgan fingerprint density at radius 3 is 1.02 bits per heavy atom. The molecule has 2 atom stereocenters. The molecule has 0 heterocycles. The molecular weight excluding hydrogens is 488 g/mol. The molecule has 0 fully saturated rings. The minimum atomic E-state index is -0.336. The lowest BCUT2D eigenvalue weighted by molar-refractivity contribution is 0.0680. The molecule has 2 nitrogen and oxygen atoms in total. The van der Waals surface area contributed by atoms with E-state index in [1.807, 2.05) is 0 Å². The fraction of sp³-hybridized carbons (Fsp3) is 0.789. The summed E-state index contributed by atoms with van der Waals surface area (Å²) in [6, 6.07) is 0. The van der Waals surface area contributed by atoms with Crippen molar-refractivity contribution in [2.45, 2.75) is 193 Å². The summed E-state index contributed by atoms with van der Waals surface area (Å²) in [4.78, 5) is 0. The van der Waals surface area contributed by atoms with Crippen LogP contribution in [-0.4, -0.2) is 22.4 Å². The van der Waals surface area contributed by atoms with E-state index in [4.69, 9.17) is 0 Å². The smallest absolute Gasteiger partial charge is 0.0564 e. The average molecular weight is 559 g/mol. The highest BCUT2D eigenvalue weighted by molar-refractivity contribution is 4.93. The zero-order valence-electron chi connectivity index (χ0n) is 27.1. The first-order chi connectivity index (χ1) is 19.7. The van der Waals surface area contributed by atoms with E-state index in [1.165, 1.54) is 122 Å². The van der Waals surface area contributed by atoms with Crippen LogP contribution < -0.4 is 0 Å². The SMILES string of the molecule is CCCCCC=CCC=CCCCCCCCCC(O)CC(O)CCCCCCCC=CCC=CCCCCC. The lowest BCUT2D eigenvalue weighted by Crippen LogP contribution is -2.17. The first-order valence-electron chi connectivity index (χ1n) is 17.7. The normalized spacial score (nSPS) is 14.0. The summed E-state index contributed by atoms with van der Waals surface area (Å²) in [6.07, 6.45) is 48.6. The molecule has 0 radical (unpaired) electrons. The Kier molecular flexibility index (Phi) is 33.1. The Bertz CT molecular complexity index is 588. The van der Waals surface area contributed by atoms with E-state index < -0.39 is 0 Å². The van der Waals surface area contributed by atoms with Crippen LogP contribution in [0.2, 0.25) is 0 Å². The number of unbranched alkanes of at least 4 members (excludes halogenated alkanes) is 17. The third-order valence-corrected chi connectivity index (χ3v) is 7.77. The van der Waals surface area contributed by atoms with Gasteiger partial charge < -0.3 is 10.2 Å². The molecule has 0 aromatic rings. The van der Waals surface area contributed by atoms with Crippen LogP contribution in [0.15, 0.2) is 48.6 Å². The van der Waals surface area contributed by atoms with E-state index >= 15 is 0 Å². The number of aliphatic hydroxyl groups excluding tert-OH is 2. The largest absolute Gasteiger partial charge is 0.393 e. The van der Waals surface area contributed by atoms with Crippen LogP contribution in [0.3, 0.4) is 0 Å².